The van der Waals surface area contributed by atoms with Crippen molar-refractivity contribution in [3.8, 4) is 6.07 Å². The Morgan fingerprint density at radius 1 is 1.24 bits per heavy atom. The highest BCUT2D eigenvalue weighted by Crippen LogP contribution is 2.37. The Morgan fingerprint density at radius 2 is 2.03 bits per heavy atom. The number of benzene rings is 2. The number of carbonyl (C=O) groups excluding carboxylic acids is 3. The first kappa shape index (κ1) is 18.5. The summed E-state index contributed by atoms with van der Waals surface area (Å²) in [4.78, 5) is 38.6. The molecule has 1 fully saturated rings. The summed E-state index contributed by atoms with van der Waals surface area (Å²) in [6.45, 7) is 0.362. The summed E-state index contributed by atoms with van der Waals surface area (Å²) in [5.74, 6) is -1.21. The highest BCUT2D eigenvalue weighted by molar-refractivity contribution is 6.05. The molecule has 0 unspecified atom stereocenters. The zero-order chi connectivity index (χ0) is 20.4. The molecule has 0 bridgehead atoms. The van der Waals surface area contributed by atoms with E-state index in [1.807, 2.05) is 11.0 Å². The molecule has 2 aliphatic heterocycles. The molecule has 2 N–H and O–H groups in total. The molecular formula is C21H18N4O4. The van der Waals surface area contributed by atoms with Crippen LogP contribution in [-0.4, -0.2) is 37.0 Å². The van der Waals surface area contributed by atoms with Gasteiger partial charge in [0, 0.05) is 12.2 Å². The molecule has 1 saturated heterocycles. The molecule has 0 aliphatic carbocycles. The lowest BCUT2D eigenvalue weighted by atomic mass is 10.1. The van der Waals surface area contributed by atoms with E-state index in [2.05, 4.69) is 10.6 Å². The first-order chi connectivity index (χ1) is 14.0. The first-order valence-corrected chi connectivity index (χ1v) is 9.24. The maximum absolute atomic E-state index is 12.3. The third-order valence-corrected chi connectivity index (χ3v) is 4.99. The Hall–Kier alpha value is -3.86. The van der Waals surface area contributed by atoms with Gasteiger partial charge in [-0.2, -0.15) is 5.26 Å². The van der Waals surface area contributed by atoms with E-state index in [1.165, 1.54) is 0 Å². The fourth-order valence-electron chi connectivity index (χ4n) is 3.60. The van der Waals surface area contributed by atoms with Gasteiger partial charge in [0.05, 0.1) is 28.6 Å². The average Bonchev–Trinajstić information content (AvgIpc) is 3.23. The molecule has 0 radical (unpaired) electrons. The molecule has 2 heterocycles. The SMILES string of the molecule is N#Cc1ccc(NC(=O)COC(=O)c2ccc3c(c2)NC(=O)[C@H]2CCCN32)cc1. The van der Waals surface area contributed by atoms with Crippen molar-refractivity contribution < 1.29 is 19.1 Å². The molecule has 8 nitrogen and oxygen atoms in total. The number of fused-ring (bicyclic) bond motifs is 3. The summed E-state index contributed by atoms with van der Waals surface area (Å²) in [6, 6.07) is 13.2. The molecule has 146 valence electrons. The van der Waals surface area contributed by atoms with E-state index in [0.29, 0.717) is 16.9 Å². The van der Waals surface area contributed by atoms with E-state index < -0.39 is 18.5 Å². The zero-order valence-corrected chi connectivity index (χ0v) is 15.5. The maximum atomic E-state index is 12.3. The lowest BCUT2D eigenvalue weighted by Crippen LogP contribution is -2.43. The van der Waals surface area contributed by atoms with Crippen LogP contribution in [0.5, 0.6) is 0 Å². The molecule has 2 aliphatic rings. The lowest BCUT2D eigenvalue weighted by Gasteiger charge is -2.33. The number of ether oxygens (including phenoxy) is 1. The number of nitrogens with zero attached hydrogens (tertiary/aromatic N) is 2. The van der Waals surface area contributed by atoms with Gasteiger partial charge in [-0.1, -0.05) is 0 Å². The first-order valence-electron chi connectivity index (χ1n) is 9.24. The van der Waals surface area contributed by atoms with Gasteiger partial charge in [0.25, 0.3) is 5.91 Å². The largest absolute Gasteiger partial charge is 0.452 e. The minimum atomic E-state index is -0.652. The Balaban J connectivity index is 1.37. The Bertz CT molecular complexity index is 1030. The van der Waals surface area contributed by atoms with Crippen LogP contribution in [0.25, 0.3) is 0 Å². The van der Waals surface area contributed by atoms with Crippen molar-refractivity contribution in [1.29, 1.82) is 5.26 Å². The predicted octanol–water partition coefficient (Wildman–Crippen LogP) is 2.27. The fraction of sp³-hybridized carbons (Fsp3) is 0.238. The van der Waals surface area contributed by atoms with Crippen molar-refractivity contribution in [2.45, 2.75) is 18.9 Å². The number of nitrogens with one attached hydrogen (secondary N) is 2. The summed E-state index contributed by atoms with van der Waals surface area (Å²) >= 11 is 0. The van der Waals surface area contributed by atoms with Gasteiger partial charge in [0.15, 0.2) is 6.61 Å². The molecule has 8 heteroatoms. The third kappa shape index (κ3) is 3.75. The van der Waals surface area contributed by atoms with Crippen LogP contribution in [0.4, 0.5) is 17.1 Å². The van der Waals surface area contributed by atoms with Crippen molar-refractivity contribution in [2.24, 2.45) is 0 Å². The summed E-state index contributed by atoms with van der Waals surface area (Å²) in [6.07, 6.45) is 1.78. The lowest BCUT2D eigenvalue weighted by molar-refractivity contribution is -0.119. The van der Waals surface area contributed by atoms with E-state index >= 15 is 0 Å². The van der Waals surface area contributed by atoms with Gasteiger partial charge in [-0.25, -0.2) is 4.79 Å². The van der Waals surface area contributed by atoms with Gasteiger partial charge >= 0.3 is 5.97 Å². The van der Waals surface area contributed by atoms with E-state index in [9.17, 15) is 14.4 Å². The van der Waals surface area contributed by atoms with Crippen LogP contribution in [0.3, 0.4) is 0 Å². The summed E-state index contributed by atoms with van der Waals surface area (Å²) in [5.41, 5.74) is 2.70. The second kappa shape index (κ2) is 7.64. The number of anilines is 3. The molecule has 0 saturated carbocycles. The van der Waals surface area contributed by atoms with Crippen molar-refractivity contribution in [3.05, 3.63) is 53.6 Å². The number of hydrogen-bond acceptors (Lipinski definition) is 6. The minimum absolute atomic E-state index is 0.0673. The van der Waals surface area contributed by atoms with Crippen LogP contribution in [0.15, 0.2) is 42.5 Å². The van der Waals surface area contributed by atoms with E-state index in [1.54, 1.807) is 42.5 Å². The van der Waals surface area contributed by atoms with Crippen molar-refractivity contribution >= 4 is 34.8 Å². The smallest absolute Gasteiger partial charge is 0.338 e. The fourth-order valence-corrected chi connectivity index (χ4v) is 3.60. The Kier molecular flexibility index (Phi) is 4.87. The normalized spacial score (nSPS) is 16.9. The number of rotatable bonds is 4. The number of carbonyl (C=O) groups is 3. The molecule has 2 amide bonds. The summed E-state index contributed by atoms with van der Waals surface area (Å²) in [7, 11) is 0. The predicted molar refractivity (Wildman–Crippen MR) is 106 cm³/mol. The van der Waals surface area contributed by atoms with Crippen LogP contribution >= 0.6 is 0 Å². The quantitative estimate of drug-likeness (QED) is 0.775. The van der Waals surface area contributed by atoms with Gasteiger partial charge in [-0.05, 0) is 55.3 Å². The van der Waals surface area contributed by atoms with Gasteiger partial charge in [0.1, 0.15) is 6.04 Å². The Morgan fingerprint density at radius 3 is 2.79 bits per heavy atom. The van der Waals surface area contributed by atoms with Crippen molar-refractivity contribution in [2.75, 3.05) is 28.7 Å². The van der Waals surface area contributed by atoms with Gasteiger partial charge in [-0.3, -0.25) is 9.59 Å². The number of esters is 1. The molecular weight excluding hydrogens is 372 g/mol. The van der Waals surface area contributed by atoms with Gasteiger partial charge in [-0.15, -0.1) is 0 Å². The summed E-state index contributed by atoms with van der Waals surface area (Å²) in [5, 5.41) is 14.2. The van der Waals surface area contributed by atoms with Crippen LogP contribution in [0, 0.1) is 11.3 Å². The molecule has 4 rings (SSSR count). The van der Waals surface area contributed by atoms with Crippen molar-refractivity contribution in [3.63, 3.8) is 0 Å². The monoisotopic (exact) mass is 390 g/mol. The molecule has 2 aromatic carbocycles. The Labute approximate surface area is 167 Å². The highest BCUT2D eigenvalue weighted by atomic mass is 16.5. The standard InChI is InChI=1S/C21H18N4O4/c22-11-13-3-6-15(7-4-13)23-19(26)12-29-21(28)14-5-8-17-16(10-14)24-20(27)18-2-1-9-25(17)18/h3-8,10,18H,1-2,9,12H2,(H,23,26)(H,24,27)/t18-/m1/s1. The second-order valence-electron chi connectivity index (χ2n) is 6.89. The van der Waals surface area contributed by atoms with E-state index in [4.69, 9.17) is 10.00 Å². The topological polar surface area (TPSA) is 112 Å². The van der Waals surface area contributed by atoms with Crippen molar-refractivity contribution in [1.82, 2.24) is 0 Å². The molecule has 0 spiro atoms. The second-order valence-corrected chi connectivity index (χ2v) is 6.89. The van der Waals surface area contributed by atoms with Crippen LogP contribution < -0.4 is 15.5 Å². The van der Waals surface area contributed by atoms with E-state index in [0.717, 1.165) is 25.1 Å². The minimum Gasteiger partial charge on any atom is -0.452 e. The van der Waals surface area contributed by atoms with E-state index in [-0.39, 0.29) is 17.5 Å². The van der Waals surface area contributed by atoms with Gasteiger partial charge < -0.3 is 20.3 Å². The third-order valence-electron chi connectivity index (χ3n) is 4.99. The molecule has 1 atom stereocenters. The van der Waals surface area contributed by atoms with Crippen LogP contribution in [0.1, 0.15) is 28.8 Å². The molecule has 0 aromatic heterocycles. The average molecular weight is 390 g/mol. The zero-order valence-electron chi connectivity index (χ0n) is 15.5. The number of nitriles is 1. The van der Waals surface area contributed by atoms with Crippen LogP contribution in [-0.2, 0) is 14.3 Å². The number of hydrogen-bond donors (Lipinski definition) is 2. The maximum Gasteiger partial charge on any atom is 0.338 e. The highest BCUT2D eigenvalue weighted by Gasteiger charge is 2.36. The summed E-state index contributed by atoms with van der Waals surface area (Å²) < 4.78 is 5.08. The number of amides is 2. The molecule has 29 heavy (non-hydrogen) atoms. The van der Waals surface area contributed by atoms with Crippen LogP contribution in [0.2, 0.25) is 0 Å². The van der Waals surface area contributed by atoms with Gasteiger partial charge in [0.2, 0.25) is 5.91 Å². The molecule has 2 aromatic rings.